The van der Waals surface area contributed by atoms with Crippen LogP contribution in [0.25, 0.3) is 17.2 Å². The van der Waals surface area contributed by atoms with Gasteiger partial charge in [0.25, 0.3) is 0 Å². The standard InChI is InChI=1S/C17H17.Li/c1-9-6-7-14-15-8-10(2)11(3)17(15)13(5)12(4)16(9)14;/h6-7H,1-5H3;/q-1;+1. The van der Waals surface area contributed by atoms with Gasteiger partial charge >= 0.3 is 18.9 Å². The Labute approximate surface area is 121 Å². The predicted molar refractivity (Wildman–Crippen MR) is 73.9 cm³/mol. The number of hydrogen-bond acceptors (Lipinski definition) is 0. The first-order valence-electron chi connectivity index (χ1n) is 6.16. The van der Waals surface area contributed by atoms with Crippen LogP contribution >= 0.6 is 0 Å². The van der Waals surface area contributed by atoms with Crippen LogP contribution in [0.15, 0.2) is 11.6 Å². The Morgan fingerprint density at radius 3 is 2.11 bits per heavy atom. The van der Waals surface area contributed by atoms with Crippen molar-refractivity contribution < 1.29 is 18.9 Å². The summed E-state index contributed by atoms with van der Waals surface area (Å²) in [6, 6.07) is 0. The summed E-state index contributed by atoms with van der Waals surface area (Å²) >= 11 is 0. The third kappa shape index (κ3) is 1.53. The number of rotatable bonds is 0. The van der Waals surface area contributed by atoms with Crippen molar-refractivity contribution in [3.63, 3.8) is 0 Å². The zero-order valence-electron chi connectivity index (χ0n) is 12.2. The molecule has 0 fully saturated rings. The first-order chi connectivity index (χ1) is 8.02. The monoisotopic (exact) mass is 228 g/mol. The minimum Gasteiger partial charge on any atom is -0.153 e. The Hall–Kier alpha value is -0.963. The van der Waals surface area contributed by atoms with Gasteiger partial charge in [0.1, 0.15) is 0 Å². The molecule has 0 spiro atoms. The minimum atomic E-state index is 0. The summed E-state index contributed by atoms with van der Waals surface area (Å²) in [7, 11) is 0. The molecule has 2 aliphatic carbocycles. The second kappa shape index (κ2) is 4.30. The van der Waals surface area contributed by atoms with Crippen molar-refractivity contribution in [3.8, 4) is 0 Å². The maximum atomic E-state index is 3.55. The summed E-state index contributed by atoms with van der Waals surface area (Å²) in [4.78, 5) is 0. The summed E-state index contributed by atoms with van der Waals surface area (Å²) in [5.74, 6) is 0. The molecular formula is C17H17Li. The van der Waals surface area contributed by atoms with E-state index < -0.39 is 0 Å². The van der Waals surface area contributed by atoms with Crippen LogP contribution in [-0.4, -0.2) is 0 Å². The molecule has 0 atom stereocenters. The quantitative estimate of drug-likeness (QED) is 0.426. The second-order valence-electron chi connectivity index (χ2n) is 5.18. The van der Waals surface area contributed by atoms with E-state index in [0.717, 1.165) is 0 Å². The smallest absolute Gasteiger partial charge is 0.153 e. The average molecular weight is 228 g/mol. The molecule has 0 unspecified atom stereocenters. The largest absolute Gasteiger partial charge is 1.00 e. The molecule has 1 aromatic carbocycles. The van der Waals surface area contributed by atoms with Crippen molar-refractivity contribution >= 4 is 17.2 Å². The topological polar surface area (TPSA) is 0 Å². The van der Waals surface area contributed by atoms with E-state index >= 15 is 0 Å². The van der Waals surface area contributed by atoms with Crippen LogP contribution in [0.2, 0.25) is 0 Å². The molecule has 0 bridgehead atoms. The third-order valence-electron chi connectivity index (χ3n) is 4.25. The van der Waals surface area contributed by atoms with E-state index in [1.807, 2.05) is 0 Å². The number of benzene rings is 1. The van der Waals surface area contributed by atoms with Gasteiger partial charge in [-0.1, -0.05) is 53.5 Å². The normalized spacial score (nSPS) is 15.5. The van der Waals surface area contributed by atoms with Crippen molar-refractivity contribution in [2.24, 2.45) is 0 Å². The molecule has 3 rings (SSSR count). The fourth-order valence-electron chi connectivity index (χ4n) is 3.06. The van der Waals surface area contributed by atoms with Gasteiger partial charge in [0.15, 0.2) is 0 Å². The molecule has 0 nitrogen and oxygen atoms in total. The van der Waals surface area contributed by atoms with E-state index in [1.54, 1.807) is 0 Å². The first-order valence-corrected chi connectivity index (χ1v) is 6.16. The summed E-state index contributed by atoms with van der Waals surface area (Å²) < 4.78 is 0. The van der Waals surface area contributed by atoms with Gasteiger partial charge in [-0.2, -0.15) is 5.57 Å². The molecule has 0 saturated heterocycles. The van der Waals surface area contributed by atoms with Crippen molar-refractivity contribution in [1.82, 2.24) is 0 Å². The maximum absolute atomic E-state index is 3.55. The van der Waals surface area contributed by atoms with E-state index in [1.165, 1.54) is 49.4 Å². The molecular weight excluding hydrogens is 211 g/mol. The van der Waals surface area contributed by atoms with E-state index in [4.69, 9.17) is 0 Å². The average Bonchev–Trinajstić information content (AvgIpc) is 2.79. The van der Waals surface area contributed by atoms with Crippen LogP contribution in [0.4, 0.5) is 0 Å². The van der Waals surface area contributed by atoms with Crippen LogP contribution in [0.1, 0.15) is 43.0 Å². The predicted octanol–water partition coefficient (Wildman–Crippen LogP) is -0.213. The maximum Gasteiger partial charge on any atom is 1.00 e. The Kier molecular flexibility index (Phi) is 3.22. The molecule has 0 aliphatic heterocycles. The fourth-order valence-corrected chi connectivity index (χ4v) is 3.06. The molecule has 2 aliphatic rings. The summed E-state index contributed by atoms with van der Waals surface area (Å²) in [5, 5.41) is 2.84. The molecule has 0 radical (unpaired) electrons. The van der Waals surface area contributed by atoms with Crippen molar-refractivity contribution in [2.45, 2.75) is 34.6 Å². The molecule has 1 aromatic rings. The van der Waals surface area contributed by atoms with Crippen LogP contribution in [0, 0.1) is 19.9 Å². The second-order valence-corrected chi connectivity index (χ2v) is 5.18. The SMILES string of the molecule is CC1=[C-]c2c3c(c(C)c(C)c2=C1C)=C(C)C=C3.[Li+]. The minimum absolute atomic E-state index is 0. The zero-order valence-corrected chi connectivity index (χ0v) is 12.2. The molecule has 0 aromatic heterocycles. The van der Waals surface area contributed by atoms with Gasteiger partial charge in [0.05, 0.1) is 0 Å². The number of hydrogen-bond donors (Lipinski definition) is 0. The van der Waals surface area contributed by atoms with Crippen LogP contribution in [-0.2, 0) is 0 Å². The van der Waals surface area contributed by atoms with E-state index in [-0.39, 0.29) is 18.9 Å². The number of allylic oxidation sites excluding steroid dienone is 2. The molecule has 0 heterocycles. The Morgan fingerprint density at radius 1 is 0.833 bits per heavy atom. The van der Waals surface area contributed by atoms with Gasteiger partial charge in [0.2, 0.25) is 0 Å². The summed E-state index contributed by atoms with van der Waals surface area (Å²) in [5.41, 5.74) is 9.59. The van der Waals surface area contributed by atoms with Gasteiger partial charge in [-0.3, -0.25) is 0 Å². The van der Waals surface area contributed by atoms with Gasteiger partial charge in [-0.15, -0.1) is 22.4 Å². The van der Waals surface area contributed by atoms with Gasteiger partial charge < -0.3 is 0 Å². The first kappa shape index (κ1) is 13.5. The Morgan fingerprint density at radius 2 is 1.44 bits per heavy atom. The van der Waals surface area contributed by atoms with Gasteiger partial charge in [-0.05, 0) is 20.8 Å². The molecule has 86 valence electrons. The Balaban J connectivity index is 0.00000120. The van der Waals surface area contributed by atoms with Crippen LogP contribution < -0.4 is 29.3 Å². The number of fused-ring (bicyclic) bond motifs is 3. The molecule has 1 heteroatoms. The summed E-state index contributed by atoms with van der Waals surface area (Å²) in [6.45, 7) is 11.0. The van der Waals surface area contributed by atoms with Crippen LogP contribution in [0.5, 0.6) is 0 Å². The van der Waals surface area contributed by atoms with E-state index in [0.29, 0.717) is 0 Å². The van der Waals surface area contributed by atoms with E-state index in [9.17, 15) is 0 Å². The zero-order chi connectivity index (χ0) is 12.3. The summed E-state index contributed by atoms with van der Waals surface area (Å²) in [6.07, 6.45) is 8.02. The van der Waals surface area contributed by atoms with E-state index in [2.05, 4.69) is 52.8 Å². The molecule has 0 amide bonds. The third-order valence-corrected chi connectivity index (χ3v) is 4.25. The van der Waals surface area contributed by atoms with Gasteiger partial charge in [-0.25, -0.2) is 0 Å². The van der Waals surface area contributed by atoms with Crippen molar-refractivity contribution in [2.75, 3.05) is 0 Å². The van der Waals surface area contributed by atoms with Crippen molar-refractivity contribution in [1.29, 1.82) is 0 Å². The Bertz CT molecular complexity index is 728. The van der Waals surface area contributed by atoms with Gasteiger partial charge in [0, 0.05) is 0 Å². The van der Waals surface area contributed by atoms with Crippen molar-refractivity contribution in [3.05, 3.63) is 50.4 Å². The molecule has 0 saturated carbocycles. The fraction of sp³-hybridized carbons (Fsp3) is 0.294. The molecule has 0 N–H and O–H groups in total. The van der Waals surface area contributed by atoms with Crippen LogP contribution in [0.3, 0.4) is 0 Å². The molecule has 18 heavy (non-hydrogen) atoms.